The van der Waals surface area contributed by atoms with Crippen molar-refractivity contribution in [3.63, 3.8) is 0 Å². The molecule has 1 aliphatic rings. The first-order chi connectivity index (χ1) is 13.8. The highest BCUT2D eigenvalue weighted by Gasteiger charge is 2.25. The van der Waals surface area contributed by atoms with Crippen molar-refractivity contribution in [3.05, 3.63) is 48.0 Å². The quantitative estimate of drug-likeness (QED) is 0.531. The topological polar surface area (TPSA) is 67.6 Å². The van der Waals surface area contributed by atoms with Crippen molar-refractivity contribution in [2.24, 2.45) is 10.9 Å². The molecule has 3 rings (SSSR count). The normalized spacial score (nSPS) is 17.3. The van der Waals surface area contributed by atoms with Crippen LogP contribution in [0.4, 0.5) is 0 Å². The van der Waals surface area contributed by atoms with E-state index < -0.39 is 0 Å². The number of nitrogens with zero attached hydrogens (tertiary/aromatic N) is 5. The lowest BCUT2D eigenvalue weighted by Crippen LogP contribution is -2.40. The summed E-state index contributed by atoms with van der Waals surface area (Å²) in [5.41, 5.74) is 1.23. The third-order valence-corrected chi connectivity index (χ3v) is 5.00. The lowest BCUT2D eigenvalue weighted by atomic mass is 10.1. The summed E-state index contributed by atoms with van der Waals surface area (Å²) >= 11 is 0. The summed E-state index contributed by atoms with van der Waals surface area (Å²) in [6.07, 6.45) is 3.82. The zero-order valence-electron chi connectivity index (χ0n) is 17.0. The Labute approximate surface area is 167 Å². The number of benzene rings is 1. The Morgan fingerprint density at radius 3 is 2.93 bits per heavy atom. The van der Waals surface area contributed by atoms with Gasteiger partial charge in [-0.25, -0.2) is 0 Å². The van der Waals surface area contributed by atoms with Crippen LogP contribution in [0.15, 0.2) is 41.7 Å². The van der Waals surface area contributed by atoms with E-state index in [0.29, 0.717) is 12.5 Å². The number of aryl methyl sites for hydroxylation is 1. The van der Waals surface area contributed by atoms with E-state index in [2.05, 4.69) is 63.1 Å². The molecule has 7 heteroatoms. The van der Waals surface area contributed by atoms with Crippen molar-refractivity contribution in [3.8, 4) is 0 Å². The Bertz CT molecular complexity index is 730. The van der Waals surface area contributed by atoms with Crippen LogP contribution in [0, 0.1) is 5.92 Å². The smallest absolute Gasteiger partial charge is 0.193 e. The molecular formula is C21H32N6O. The minimum absolute atomic E-state index is 0.553. The summed E-state index contributed by atoms with van der Waals surface area (Å²) in [7, 11) is 0. The summed E-state index contributed by atoms with van der Waals surface area (Å²) in [5, 5.41) is 11.6. The van der Waals surface area contributed by atoms with Crippen LogP contribution in [0.2, 0.25) is 0 Å². The number of rotatable bonds is 9. The molecule has 0 bridgehead atoms. The second-order valence-electron chi connectivity index (χ2n) is 7.13. The van der Waals surface area contributed by atoms with Crippen LogP contribution in [0.1, 0.15) is 31.7 Å². The lowest BCUT2D eigenvalue weighted by molar-refractivity contribution is 0.0907. The highest BCUT2D eigenvalue weighted by Crippen LogP contribution is 2.17. The standard InChI is InChI=1S/C21H32N6O/c1-3-20-25-24-17-27(20)13-11-23-21(22-4-2)26-12-10-19(14-26)16-28-15-18-8-6-5-7-9-18/h5-9,17,19H,3-4,10-16H2,1-2H3,(H,22,23). The van der Waals surface area contributed by atoms with E-state index in [1.54, 1.807) is 6.33 Å². The number of nitrogens with one attached hydrogen (secondary N) is 1. The first kappa shape index (κ1) is 20.3. The van der Waals surface area contributed by atoms with E-state index in [4.69, 9.17) is 9.73 Å². The molecule has 152 valence electrons. The Morgan fingerprint density at radius 2 is 2.14 bits per heavy atom. The second kappa shape index (κ2) is 10.8. The van der Waals surface area contributed by atoms with Gasteiger partial charge in [0, 0.05) is 38.5 Å². The van der Waals surface area contributed by atoms with Crippen molar-refractivity contribution in [1.29, 1.82) is 0 Å². The molecule has 1 aliphatic heterocycles. The van der Waals surface area contributed by atoms with Gasteiger partial charge in [-0.3, -0.25) is 4.99 Å². The zero-order chi connectivity index (χ0) is 19.6. The lowest BCUT2D eigenvalue weighted by Gasteiger charge is -2.21. The van der Waals surface area contributed by atoms with Crippen LogP contribution in [0.5, 0.6) is 0 Å². The largest absolute Gasteiger partial charge is 0.376 e. The Morgan fingerprint density at radius 1 is 1.29 bits per heavy atom. The molecule has 0 radical (unpaired) electrons. The predicted molar refractivity (Wildman–Crippen MR) is 111 cm³/mol. The van der Waals surface area contributed by atoms with E-state index >= 15 is 0 Å². The third kappa shape index (κ3) is 5.79. The summed E-state index contributed by atoms with van der Waals surface area (Å²) in [5.74, 6) is 2.56. The summed E-state index contributed by atoms with van der Waals surface area (Å²) in [6, 6.07) is 10.4. The molecule has 1 unspecified atom stereocenters. The fourth-order valence-corrected chi connectivity index (χ4v) is 3.51. The van der Waals surface area contributed by atoms with E-state index in [0.717, 1.165) is 64.0 Å². The molecule has 1 saturated heterocycles. The Balaban J connectivity index is 1.46. The van der Waals surface area contributed by atoms with Crippen molar-refractivity contribution in [2.75, 3.05) is 32.8 Å². The maximum atomic E-state index is 5.94. The number of hydrogen-bond donors (Lipinski definition) is 1. The van der Waals surface area contributed by atoms with Crippen LogP contribution >= 0.6 is 0 Å². The van der Waals surface area contributed by atoms with Crippen LogP contribution in [0.3, 0.4) is 0 Å². The molecule has 0 amide bonds. The second-order valence-corrected chi connectivity index (χ2v) is 7.13. The molecule has 1 N–H and O–H groups in total. The average molecular weight is 385 g/mol. The van der Waals surface area contributed by atoms with Crippen LogP contribution in [-0.2, 0) is 24.3 Å². The molecule has 28 heavy (non-hydrogen) atoms. The Hall–Kier alpha value is -2.41. The van der Waals surface area contributed by atoms with Gasteiger partial charge >= 0.3 is 0 Å². The molecule has 1 fully saturated rings. The summed E-state index contributed by atoms with van der Waals surface area (Å²) in [4.78, 5) is 7.18. The van der Waals surface area contributed by atoms with Gasteiger partial charge in [0.1, 0.15) is 12.2 Å². The number of aromatic nitrogens is 3. The first-order valence-corrected chi connectivity index (χ1v) is 10.3. The van der Waals surface area contributed by atoms with Gasteiger partial charge < -0.3 is 19.5 Å². The predicted octanol–water partition coefficient (Wildman–Crippen LogP) is 2.34. The maximum absolute atomic E-state index is 5.94. The molecule has 0 spiro atoms. The van der Waals surface area contributed by atoms with Gasteiger partial charge in [0.05, 0.1) is 19.8 Å². The van der Waals surface area contributed by atoms with Crippen molar-refractivity contribution in [1.82, 2.24) is 25.0 Å². The molecule has 2 aromatic rings. The van der Waals surface area contributed by atoms with E-state index in [9.17, 15) is 0 Å². The van der Waals surface area contributed by atoms with Crippen molar-refractivity contribution >= 4 is 5.96 Å². The average Bonchev–Trinajstić information content (AvgIpc) is 3.37. The monoisotopic (exact) mass is 384 g/mol. The summed E-state index contributed by atoms with van der Waals surface area (Å²) < 4.78 is 8.02. The number of ether oxygens (including phenoxy) is 1. The molecule has 1 aromatic heterocycles. The number of hydrogen-bond acceptors (Lipinski definition) is 4. The molecule has 7 nitrogen and oxygen atoms in total. The molecular weight excluding hydrogens is 352 g/mol. The number of likely N-dealkylation sites (tertiary alicyclic amines) is 1. The minimum atomic E-state index is 0.553. The highest BCUT2D eigenvalue weighted by atomic mass is 16.5. The van der Waals surface area contributed by atoms with E-state index in [1.165, 1.54) is 5.56 Å². The van der Waals surface area contributed by atoms with Crippen LogP contribution in [0.25, 0.3) is 0 Å². The van der Waals surface area contributed by atoms with Gasteiger partial charge in [-0.2, -0.15) is 0 Å². The van der Waals surface area contributed by atoms with Gasteiger partial charge in [0.2, 0.25) is 0 Å². The SMILES string of the molecule is CCNC(=NCCn1cnnc1CC)N1CCC(COCc2ccccc2)C1. The van der Waals surface area contributed by atoms with Gasteiger partial charge in [-0.05, 0) is 18.9 Å². The molecule has 2 heterocycles. The zero-order valence-corrected chi connectivity index (χ0v) is 17.0. The molecule has 0 aliphatic carbocycles. The maximum Gasteiger partial charge on any atom is 0.193 e. The summed E-state index contributed by atoms with van der Waals surface area (Å²) in [6.45, 7) is 10.1. The molecule has 1 atom stereocenters. The molecule has 0 saturated carbocycles. The van der Waals surface area contributed by atoms with Gasteiger partial charge in [-0.15, -0.1) is 10.2 Å². The molecule has 1 aromatic carbocycles. The number of guanidine groups is 1. The minimum Gasteiger partial charge on any atom is -0.376 e. The van der Waals surface area contributed by atoms with E-state index in [-0.39, 0.29) is 0 Å². The van der Waals surface area contributed by atoms with Crippen molar-refractivity contribution < 1.29 is 4.74 Å². The fraction of sp³-hybridized carbons (Fsp3) is 0.571. The fourth-order valence-electron chi connectivity index (χ4n) is 3.51. The van der Waals surface area contributed by atoms with Gasteiger partial charge in [0.25, 0.3) is 0 Å². The van der Waals surface area contributed by atoms with Gasteiger partial charge in [0.15, 0.2) is 5.96 Å². The number of aliphatic imine (C=N–C) groups is 1. The van der Waals surface area contributed by atoms with Crippen molar-refractivity contribution in [2.45, 2.75) is 39.8 Å². The third-order valence-electron chi connectivity index (χ3n) is 5.00. The van der Waals surface area contributed by atoms with E-state index in [1.807, 2.05) is 6.07 Å². The van der Waals surface area contributed by atoms with Gasteiger partial charge in [-0.1, -0.05) is 37.3 Å². The highest BCUT2D eigenvalue weighted by molar-refractivity contribution is 5.80. The van der Waals surface area contributed by atoms with Crippen LogP contribution in [-0.4, -0.2) is 58.4 Å². The Kier molecular flexibility index (Phi) is 7.84. The van der Waals surface area contributed by atoms with Crippen LogP contribution < -0.4 is 5.32 Å². The first-order valence-electron chi connectivity index (χ1n) is 10.3.